The number of rotatable bonds is 6. The van der Waals surface area contributed by atoms with Gasteiger partial charge in [-0.3, -0.25) is 10.1 Å². The molecule has 1 fully saturated rings. The van der Waals surface area contributed by atoms with Crippen LogP contribution in [0.3, 0.4) is 0 Å². The largest absolute Gasteiger partial charge is 0.484 e. The van der Waals surface area contributed by atoms with Crippen molar-refractivity contribution in [3.05, 3.63) is 66.7 Å². The van der Waals surface area contributed by atoms with Gasteiger partial charge in [-0.05, 0) is 59.4 Å². The normalized spacial score (nSPS) is 14.5. The summed E-state index contributed by atoms with van der Waals surface area (Å²) in [6.07, 6.45) is 0. The molecule has 1 heterocycles. The first-order valence-corrected chi connectivity index (χ1v) is 12.2. The van der Waals surface area contributed by atoms with Crippen molar-refractivity contribution in [2.45, 2.75) is 4.90 Å². The minimum Gasteiger partial charge on any atom is -0.484 e. The van der Waals surface area contributed by atoms with Gasteiger partial charge in [0.1, 0.15) is 5.75 Å². The van der Waals surface area contributed by atoms with Gasteiger partial charge in [0.05, 0.1) is 18.1 Å². The lowest BCUT2D eigenvalue weighted by molar-refractivity contribution is -0.121. The minimum absolute atomic E-state index is 0.0888. The van der Waals surface area contributed by atoms with E-state index < -0.39 is 15.9 Å². The number of carbonyl (C=O) groups excluding carboxylic acids is 1. The molecule has 33 heavy (non-hydrogen) atoms. The minimum atomic E-state index is -3.57. The van der Waals surface area contributed by atoms with Gasteiger partial charge in [0, 0.05) is 18.8 Å². The summed E-state index contributed by atoms with van der Waals surface area (Å²) in [5, 5.41) is 7.61. The second kappa shape index (κ2) is 10.3. The van der Waals surface area contributed by atoms with E-state index in [1.54, 1.807) is 18.2 Å². The molecule has 0 aliphatic carbocycles. The number of thiocarbonyl (C=S) groups is 1. The van der Waals surface area contributed by atoms with Crippen LogP contribution in [0.15, 0.2) is 71.6 Å². The average molecular weight is 486 g/mol. The third kappa shape index (κ3) is 5.85. The third-order valence-corrected chi connectivity index (χ3v) is 7.18. The second-order valence-corrected chi connectivity index (χ2v) is 9.69. The topological polar surface area (TPSA) is 97.0 Å². The molecule has 0 bridgehead atoms. The first kappa shape index (κ1) is 23.1. The van der Waals surface area contributed by atoms with Crippen LogP contribution < -0.4 is 15.4 Å². The van der Waals surface area contributed by atoms with E-state index in [2.05, 4.69) is 10.6 Å². The molecular formula is C23H23N3O5S2. The lowest BCUT2D eigenvalue weighted by atomic mass is 10.1. The molecule has 1 amide bonds. The Hall–Kier alpha value is -3.05. The van der Waals surface area contributed by atoms with Gasteiger partial charge in [0.2, 0.25) is 10.0 Å². The van der Waals surface area contributed by atoms with Gasteiger partial charge in [-0.25, -0.2) is 8.42 Å². The number of nitrogens with zero attached hydrogens (tertiary/aromatic N) is 1. The van der Waals surface area contributed by atoms with Crippen LogP contribution in [-0.2, 0) is 19.6 Å². The van der Waals surface area contributed by atoms with Crippen LogP contribution >= 0.6 is 12.2 Å². The van der Waals surface area contributed by atoms with Crippen molar-refractivity contribution in [2.24, 2.45) is 0 Å². The summed E-state index contributed by atoms with van der Waals surface area (Å²) in [5.41, 5.74) is 0.552. The number of carbonyl (C=O) groups is 1. The Bertz CT molecular complexity index is 1260. The molecule has 172 valence electrons. The summed E-state index contributed by atoms with van der Waals surface area (Å²) in [7, 11) is -3.57. The van der Waals surface area contributed by atoms with E-state index in [9.17, 15) is 13.2 Å². The second-order valence-electron chi connectivity index (χ2n) is 7.34. The zero-order chi connectivity index (χ0) is 23.3. The van der Waals surface area contributed by atoms with Crippen molar-refractivity contribution >= 4 is 49.7 Å². The van der Waals surface area contributed by atoms with Gasteiger partial charge in [-0.1, -0.05) is 30.3 Å². The number of benzene rings is 3. The number of nitrogens with one attached hydrogen (secondary N) is 2. The average Bonchev–Trinajstić information content (AvgIpc) is 2.83. The predicted octanol–water partition coefficient (Wildman–Crippen LogP) is 2.75. The van der Waals surface area contributed by atoms with Gasteiger partial charge >= 0.3 is 0 Å². The van der Waals surface area contributed by atoms with Crippen molar-refractivity contribution in [1.29, 1.82) is 0 Å². The van der Waals surface area contributed by atoms with Gasteiger partial charge in [-0.15, -0.1) is 0 Å². The van der Waals surface area contributed by atoms with Crippen molar-refractivity contribution in [3.63, 3.8) is 0 Å². The van der Waals surface area contributed by atoms with E-state index in [0.717, 1.165) is 10.8 Å². The molecule has 1 saturated heterocycles. The van der Waals surface area contributed by atoms with Gasteiger partial charge in [-0.2, -0.15) is 4.31 Å². The molecule has 8 nitrogen and oxygen atoms in total. The lowest BCUT2D eigenvalue weighted by Gasteiger charge is -2.26. The molecule has 10 heteroatoms. The van der Waals surface area contributed by atoms with Crippen LogP contribution in [0, 0.1) is 0 Å². The molecule has 0 saturated carbocycles. The highest BCUT2D eigenvalue weighted by atomic mass is 32.2. The Morgan fingerprint density at radius 2 is 1.70 bits per heavy atom. The smallest absolute Gasteiger partial charge is 0.264 e. The van der Waals surface area contributed by atoms with Gasteiger partial charge in [0.25, 0.3) is 5.91 Å². The molecule has 4 rings (SSSR count). The van der Waals surface area contributed by atoms with E-state index in [4.69, 9.17) is 21.7 Å². The van der Waals surface area contributed by atoms with Crippen LogP contribution in [-0.4, -0.2) is 56.7 Å². The van der Waals surface area contributed by atoms with Crippen molar-refractivity contribution in [1.82, 2.24) is 9.62 Å². The molecular weight excluding hydrogens is 462 g/mol. The zero-order valence-electron chi connectivity index (χ0n) is 17.7. The highest BCUT2D eigenvalue weighted by molar-refractivity contribution is 7.89. The van der Waals surface area contributed by atoms with E-state index in [1.165, 1.54) is 16.4 Å². The van der Waals surface area contributed by atoms with Gasteiger partial charge < -0.3 is 14.8 Å². The molecule has 1 aliphatic rings. The summed E-state index contributed by atoms with van der Waals surface area (Å²) in [6.45, 7) is 1.24. The maximum Gasteiger partial charge on any atom is 0.264 e. The molecule has 3 aromatic rings. The molecule has 0 aromatic heterocycles. The Balaban J connectivity index is 1.28. The maximum absolute atomic E-state index is 12.7. The zero-order valence-corrected chi connectivity index (χ0v) is 19.3. The number of sulfonamides is 1. The molecule has 3 aromatic carbocycles. The number of anilines is 1. The fourth-order valence-corrected chi connectivity index (χ4v) is 5.02. The molecule has 0 atom stereocenters. The fourth-order valence-electron chi connectivity index (χ4n) is 3.38. The lowest BCUT2D eigenvalue weighted by Crippen LogP contribution is -2.40. The third-order valence-electron chi connectivity index (χ3n) is 5.06. The molecule has 0 radical (unpaired) electrons. The van der Waals surface area contributed by atoms with Crippen LogP contribution in [0.4, 0.5) is 5.69 Å². The summed E-state index contributed by atoms with van der Waals surface area (Å²) in [5.74, 6) is 0.173. The molecule has 0 spiro atoms. The quantitative estimate of drug-likeness (QED) is 0.518. The first-order valence-electron chi connectivity index (χ1n) is 10.3. The number of amides is 1. The molecule has 2 N–H and O–H groups in total. The van der Waals surface area contributed by atoms with E-state index in [1.807, 2.05) is 36.4 Å². The fraction of sp³-hybridized carbons (Fsp3) is 0.217. The van der Waals surface area contributed by atoms with E-state index >= 15 is 0 Å². The summed E-state index contributed by atoms with van der Waals surface area (Å²) < 4.78 is 37.5. The number of morpholine rings is 1. The first-order chi connectivity index (χ1) is 15.9. The highest BCUT2D eigenvalue weighted by Gasteiger charge is 2.26. The van der Waals surface area contributed by atoms with Crippen LogP contribution in [0.5, 0.6) is 5.75 Å². The van der Waals surface area contributed by atoms with Crippen LogP contribution in [0.25, 0.3) is 10.8 Å². The van der Waals surface area contributed by atoms with Gasteiger partial charge in [0.15, 0.2) is 11.7 Å². The number of ether oxygens (including phenoxy) is 2. The van der Waals surface area contributed by atoms with Crippen molar-refractivity contribution < 1.29 is 22.7 Å². The van der Waals surface area contributed by atoms with Crippen LogP contribution in [0.2, 0.25) is 0 Å². The van der Waals surface area contributed by atoms with Crippen LogP contribution in [0.1, 0.15) is 0 Å². The SMILES string of the molecule is O=C(COc1ccc2ccccc2c1)NC(=S)Nc1ccc(S(=O)(=O)N2CCOCC2)cc1. The summed E-state index contributed by atoms with van der Waals surface area (Å²) in [4.78, 5) is 12.4. The van der Waals surface area contributed by atoms with E-state index in [-0.39, 0.29) is 16.6 Å². The highest BCUT2D eigenvalue weighted by Crippen LogP contribution is 2.21. The summed E-state index contributed by atoms with van der Waals surface area (Å²) >= 11 is 5.18. The maximum atomic E-state index is 12.7. The number of hydrogen-bond donors (Lipinski definition) is 2. The molecule has 0 unspecified atom stereocenters. The van der Waals surface area contributed by atoms with E-state index in [0.29, 0.717) is 37.7 Å². The number of hydrogen-bond acceptors (Lipinski definition) is 6. The Kier molecular flexibility index (Phi) is 7.19. The Morgan fingerprint density at radius 1 is 1.00 bits per heavy atom. The number of fused-ring (bicyclic) bond motifs is 1. The Labute approximate surface area is 197 Å². The summed E-state index contributed by atoms with van der Waals surface area (Å²) in [6, 6.07) is 19.7. The predicted molar refractivity (Wildman–Crippen MR) is 130 cm³/mol. The monoisotopic (exact) mass is 485 g/mol. The van der Waals surface area contributed by atoms with Crippen molar-refractivity contribution in [2.75, 3.05) is 38.2 Å². The van der Waals surface area contributed by atoms with Crippen molar-refractivity contribution in [3.8, 4) is 5.75 Å². The molecule has 1 aliphatic heterocycles. The Morgan fingerprint density at radius 3 is 2.42 bits per heavy atom. The standard InChI is InChI=1S/C23H23N3O5S2/c27-22(16-31-20-8-5-17-3-1-2-4-18(17)15-20)25-23(32)24-19-6-9-21(10-7-19)33(28,29)26-11-13-30-14-12-26/h1-10,15H,11-14,16H2,(H2,24,25,27,32).